The van der Waals surface area contributed by atoms with Gasteiger partial charge in [0.05, 0.1) is 19.0 Å². The number of carbonyl (C=O) groups is 1. The van der Waals surface area contributed by atoms with E-state index < -0.39 is 0 Å². The molecule has 1 aliphatic carbocycles. The average molecular weight is 205 g/mol. The number of azo groups is 1. The van der Waals surface area contributed by atoms with E-state index in [9.17, 15) is 4.79 Å². The lowest BCUT2D eigenvalue weighted by Crippen LogP contribution is -2.27. The van der Waals surface area contributed by atoms with Crippen LogP contribution in [0.3, 0.4) is 0 Å². The summed E-state index contributed by atoms with van der Waals surface area (Å²) in [4.78, 5) is 16.6. The summed E-state index contributed by atoms with van der Waals surface area (Å²) in [6, 6.07) is 0. The zero-order valence-electron chi connectivity index (χ0n) is 8.60. The summed E-state index contributed by atoms with van der Waals surface area (Å²) in [7, 11) is 3.04. The van der Waals surface area contributed by atoms with Crippen molar-refractivity contribution in [3.63, 3.8) is 0 Å². The monoisotopic (exact) mass is 205 g/mol. The minimum Gasteiger partial charge on any atom is -0.274 e. The van der Waals surface area contributed by atoms with Crippen molar-refractivity contribution in [3.05, 3.63) is 35.2 Å². The number of allylic oxidation sites excluding steroid dienone is 3. The summed E-state index contributed by atoms with van der Waals surface area (Å²) in [6.07, 6.45) is 5.79. The molecule has 1 amide bonds. The second-order valence-corrected chi connectivity index (χ2v) is 3.28. The molecule has 0 fully saturated rings. The number of nitrogens with zero attached hydrogens (tertiary/aromatic N) is 3. The van der Waals surface area contributed by atoms with Crippen molar-refractivity contribution in [1.29, 1.82) is 0 Å². The second-order valence-electron chi connectivity index (χ2n) is 3.28. The van der Waals surface area contributed by atoms with Crippen molar-refractivity contribution in [1.82, 2.24) is 5.06 Å². The van der Waals surface area contributed by atoms with Crippen LogP contribution in [0.1, 0.15) is 6.42 Å². The number of hydrogen-bond donors (Lipinski definition) is 0. The maximum absolute atomic E-state index is 11.7. The van der Waals surface area contributed by atoms with E-state index in [1.807, 2.05) is 0 Å². The Balaban J connectivity index is 2.18. The topological polar surface area (TPSA) is 54.3 Å². The summed E-state index contributed by atoms with van der Waals surface area (Å²) in [5.74, 6) is -0.138. The van der Waals surface area contributed by atoms with Crippen LogP contribution in [-0.2, 0) is 9.63 Å². The average Bonchev–Trinajstić information content (AvgIpc) is 2.73. The molecule has 0 N–H and O–H groups in total. The Morgan fingerprint density at radius 1 is 1.53 bits per heavy atom. The molecule has 5 heteroatoms. The van der Waals surface area contributed by atoms with Gasteiger partial charge in [-0.3, -0.25) is 9.63 Å². The number of hydroxylamine groups is 2. The third kappa shape index (κ3) is 1.73. The number of amides is 1. The molecule has 0 saturated carbocycles. The van der Waals surface area contributed by atoms with Crippen LogP contribution in [0, 0.1) is 0 Å². The van der Waals surface area contributed by atoms with Gasteiger partial charge in [0.2, 0.25) is 0 Å². The maximum Gasteiger partial charge on any atom is 0.273 e. The molecule has 0 aromatic heterocycles. The zero-order chi connectivity index (χ0) is 10.8. The fourth-order valence-corrected chi connectivity index (χ4v) is 1.44. The van der Waals surface area contributed by atoms with Crippen LogP contribution in [0.4, 0.5) is 0 Å². The summed E-state index contributed by atoms with van der Waals surface area (Å²) >= 11 is 0. The first kappa shape index (κ1) is 9.79. The first-order valence-corrected chi connectivity index (χ1v) is 4.55. The second kappa shape index (κ2) is 3.78. The highest BCUT2D eigenvalue weighted by molar-refractivity contribution is 5.94. The third-order valence-corrected chi connectivity index (χ3v) is 2.37. The van der Waals surface area contributed by atoms with Crippen molar-refractivity contribution in [3.8, 4) is 0 Å². The fraction of sp³-hybridized carbons (Fsp3) is 0.300. The highest BCUT2D eigenvalue weighted by Crippen LogP contribution is 2.29. The first-order valence-electron chi connectivity index (χ1n) is 4.55. The molecule has 2 aliphatic rings. The van der Waals surface area contributed by atoms with Crippen LogP contribution in [0.25, 0.3) is 0 Å². The molecule has 0 saturated heterocycles. The summed E-state index contributed by atoms with van der Waals surface area (Å²) < 4.78 is 0. The molecule has 1 heterocycles. The Kier molecular flexibility index (Phi) is 2.47. The molecular weight excluding hydrogens is 194 g/mol. The summed E-state index contributed by atoms with van der Waals surface area (Å²) in [5, 5.41) is 8.90. The van der Waals surface area contributed by atoms with Crippen LogP contribution in [-0.4, -0.2) is 25.1 Å². The van der Waals surface area contributed by atoms with Gasteiger partial charge in [-0.05, 0) is 6.08 Å². The molecule has 15 heavy (non-hydrogen) atoms. The molecule has 78 valence electrons. The van der Waals surface area contributed by atoms with Crippen molar-refractivity contribution in [2.75, 3.05) is 14.2 Å². The number of fused-ring (bicyclic) bond motifs is 1. The van der Waals surface area contributed by atoms with Gasteiger partial charge in [-0.15, -0.1) is 0 Å². The van der Waals surface area contributed by atoms with Crippen LogP contribution in [0.2, 0.25) is 0 Å². The fourth-order valence-electron chi connectivity index (χ4n) is 1.44. The Bertz CT molecular complexity index is 418. The van der Waals surface area contributed by atoms with E-state index in [-0.39, 0.29) is 5.91 Å². The van der Waals surface area contributed by atoms with Gasteiger partial charge in [-0.25, -0.2) is 5.06 Å². The SMILES string of the molecule is CON(C)C(=O)C1=CC=C2N=NC=C2C1. The predicted octanol–water partition coefficient (Wildman–Crippen LogP) is 1.57. The summed E-state index contributed by atoms with van der Waals surface area (Å²) in [5.41, 5.74) is 2.50. The molecule has 0 aromatic rings. The van der Waals surface area contributed by atoms with E-state index in [1.54, 1.807) is 25.4 Å². The molecule has 5 nitrogen and oxygen atoms in total. The number of likely N-dealkylation sites (N-methyl/N-ethyl adjacent to an activating group) is 1. The van der Waals surface area contributed by atoms with Crippen LogP contribution in [0.5, 0.6) is 0 Å². The number of carbonyl (C=O) groups excluding carboxylic acids is 1. The summed E-state index contributed by atoms with van der Waals surface area (Å²) in [6.45, 7) is 0. The number of rotatable bonds is 2. The normalized spacial score (nSPS) is 17.9. The zero-order valence-corrected chi connectivity index (χ0v) is 8.60. The van der Waals surface area contributed by atoms with Crippen LogP contribution >= 0.6 is 0 Å². The highest BCUT2D eigenvalue weighted by Gasteiger charge is 2.21. The highest BCUT2D eigenvalue weighted by atomic mass is 16.7. The molecular formula is C10H11N3O2. The van der Waals surface area contributed by atoms with Gasteiger partial charge in [-0.2, -0.15) is 10.2 Å². The maximum atomic E-state index is 11.7. The van der Waals surface area contributed by atoms with Gasteiger partial charge in [0.25, 0.3) is 5.91 Å². The van der Waals surface area contributed by atoms with Gasteiger partial charge in [0.15, 0.2) is 0 Å². The van der Waals surface area contributed by atoms with E-state index in [0.29, 0.717) is 12.0 Å². The molecule has 0 unspecified atom stereocenters. The minimum absolute atomic E-state index is 0.138. The van der Waals surface area contributed by atoms with Crippen molar-refractivity contribution >= 4 is 5.91 Å². The largest absolute Gasteiger partial charge is 0.274 e. The Morgan fingerprint density at radius 3 is 3.07 bits per heavy atom. The lowest BCUT2D eigenvalue weighted by Gasteiger charge is -2.17. The van der Waals surface area contributed by atoms with E-state index >= 15 is 0 Å². The Hall–Kier alpha value is -1.75. The van der Waals surface area contributed by atoms with Gasteiger partial charge in [-0.1, -0.05) is 6.08 Å². The van der Waals surface area contributed by atoms with E-state index in [0.717, 1.165) is 11.3 Å². The molecule has 1 aliphatic heterocycles. The van der Waals surface area contributed by atoms with E-state index in [4.69, 9.17) is 4.84 Å². The molecule has 0 bridgehead atoms. The standard InChI is InChI=1S/C10H11N3O2/c1-13(15-2)10(14)7-3-4-9-8(5-7)6-11-12-9/h3-4,6H,5H2,1-2H3. The smallest absolute Gasteiger partial charge is 0.273 e. The first-order chi connectivity index (χ1) is 7.22. The van der Waals surface area contributed by atoms with Crippen LogP contribution < -0.4 is 0 Å². The Morgan fingerprint density at radius 2 is 2.33 bits per heavy atom. The van der Waals surface area contributed by atoms with E-state index in [1.165, 1.54) is 12.2 Å². The van der Waals surface area contributed by atoms with Gasteiger partial charge in [0.1, 0.15) is 0 Å². The molecule has 2 rings (SSSR count). The lowest BCUT2D eigenvalue weighted by molar-refractivity contribution is -0.164. The van der Waals surface area contributed by atoms with Crippen molar-refractivity contribution < 1.29 is 9.63 Å². The molecule has 0 radical (unpaired) electrons. The molecule has 0 spiro atoms. The minimum atomic E-state index is -0.138. The van der Waals surface area contributed by atoms with Gasteiger partial charge in [0, 0.05) is 24.6 Å². The number of hydrogen-bond acceptors (Lipinski definition) is 4. The van der Waals surface area contributed by atoms with Gasteiger partial charge >= 0.3 is 0 Å². The van der Waals surface area contributed by atoms with Crippen LogP contribution in [0.15, 0.2) is 45.4 Å². The molecule has 0 aromatic carbocycles. The third-order valence-electron chi connectivity index (χ3n) is 2.37. The Labute approximate surface area is 87.4 Å². The molecule has 0 atom stereocenters. The van der Waals surface area contributed by atoms with E-state index in [2.05, 4.69) is 10.2 Å². The predicted molar refractivity (Wildman–Crippen MR) is 53.5 cm³/mol. The van der Waals surface area contributed by atoms with Crippen molar-refractivity contribution in [2.45, 2.75) is 6.42 Å². The van der Waals surface area contributed by atoms with Crippen molar-refractivity contribution in [2.24, 2.45) is 10.2 Å². The van der Waals surface area contributed by atoms with Gasteiger partial charge < -0.3 is 0 Å². The quantitative estimate of drug-likeness (QED) is 0.642. The lowest BCUT2D eigenvalue weighted by atomic mass is 9.98.